The van der Waals surface area contributed by atoms with Crippen LogP contribution in [0.15, 0.2) is 54.6 Å². The molecular weight excluding hydrogens is 279 g/mol. The van der Waals surface area contributed by atoms with Gasteiger partial charge < -0.3 is 5.32 Å². The van der Waals surface area contributed by atoms with Gasteiger partial charge in [-0.2, -0.15) is 0 Å². The van der Waals surface area contributed by atoms with Crippen LogP contribution in [0.5, 0.6) is 0 Å². The van der Waals surface area contributed by atoms with Gasteiger partial charge in [-0.15, -0.1) is 0 Å². The third kappa shape index (κ3) is 5.66. The summed E-state index contributed by atoms with van der Waals surface area (Å²) in [6.07, 6.45) is 0.820. The first-order valence-corrected chi connectivity index (χ1v) is 7.37. The van der Waals surface area contributed by atoms with Gasteiger partial charge in [0.05, 0.1) is 6.54 Å². The first kappa shape index (κ1) is 16.2. The standard InChI is InChI=1S/C18H21FN2O/c1-21(13-16-8-5-9-17(19)12-16)14-18(22)20-11-10-15-6-3-2-4-7-15/h2-9,12H,10-11,13-14H2,1H3,(H,20,22). The Balaban J connectivity index is 1.70. The number of amides is 1. The van der Waals surface area contributed by atoms with Crippen LogP contribution in [0.1, 0.15) is 11.1 Å². The number of likely N-dealkylation sites (N-methyl/N-ethyl adjacent to an activating group) is 1. The summed E-state index contributed by atoms with van der Waals surface area (Å²) in [5, 5.41) is 2.90. The van der Waals surface area contributed by atoms with E-state index in [1.807, 2.05) is 48.3 Å². The molecule has 0 saturated heterocycles. The number of hydrogen-bond acceptors (Lipinski definition) is 2. The van der Waals surface area contributed by atoms with Crippen molar-refractivity contribution in [1.82, 2.24) is 10.2 Å². The number of halogens is 1. The van der Waals surface area contributed by atoms with Crippen LogP contribution in [-0.2, 0) is 17.8 Å². The van der Waals surface area contributed by atoms with E-state index in [1.165, 1.54) is 17.7 Å². The Labute approximate surface area is 130 Å². The first-order valence-electron chi connectivity index (χ1n) is 7.37. The highest BCUT2D eigenvalue weighted by Crippen LogP contribution is 2.06. The second-order valence-corrected chi connectivity index (χ2v) is 5.39. The van der Waals surface area contributed by atoms with Gasteiger partial charge in [0, 0.05) is 13.1 Å². The van der Waals surface area contributed by atoms with E-state index in [0.29, 0.717) is 19.6 Å². The summed E-state index contributed by atoms with van der Waals surface area (Å²) in [5.41, 5.74) is 2.07. The Hall–Kier alpha value is -2.20. The number of benzene rings is 2. The summed E-state index contributed by atoms with van der Waals surface area (Å²) in [4.78, 5) is 13.7. The van der Waals surface area contributed by atoms with Gasteiger partial charge in [0.2, 0.25) is 5.91 Å². The molecular formula is C18H21FN2O. The summed E-state index contributed by atoms with van der Waals surface area (Å²) in [7, 11) is 1.85. The van der Waals surface area contributed by atoms with E-state index in [2.05, 4.69) is 5.32 Å². The lowest BCUT2D eigenvalue weighted by Gasteiger charge is -2.16. The summed E-state index contributed by atoms with van der Waals surface area (Å²) >= 11 is 0. The summed E-state index contributed by atoms with van der Waals surface area (Å²) in [6, 6.07) is 16.5. The Kier molecular flexibility index (Phi) is 6.10. The van der Waals surface area contributed by atoms with Crippen molar-refractivity contribution in [3.63, 3.8) is 0 Å². The van der Waals surface area contributed by atoms with Crippen LogP contribution in [-0.4, -0.2) is 30.9 Å². The zero-order valence-corrected chi connectivity index (χ0v) is 12.8. The summed E-state index contributed by atoms with van der Waals surface area (Å²) in [6.45, 7) is 1.46. The molecule has 0 fully saturated rings. The molecule has 0 bridgehead atoms. The van der Waals surface area contributed by atoms with Crippen LogP contribution >= 0.6 is 0 Å². The molecule has 4 heteroatoms. The SMILES string of the molecule is CN(CC(=O)NCCc1ccccc1)Cc1cccc(F)c1. The number of carbonyl (C=O) groups is 1. The van der Waals surface area contributed by atoms with E-state index in [0.717, 1.165) is 12.0 Å². The Morgan fingerprint density at radius 3 is 2.55 bits per heavy atom. The van der Waals surface area contributed by atoms with Crippen molar-refractivity contribution in [1.29, 1.82) is 0 Å². The van der Waals surface area contributed by atoms with Crippen LogP contribution < -0.4 is 5.32 Å². The lowest BCUT2D eigenvalue weighted by Crippen LogP contribution is -2.35. The normalized spacial score (nSPS) is 10.7. The fraction of sp³-hybridized carbons (Fsp3) is 0.278. The predicted molar refractivity (Wildman–Crippen MR) is 85.9 cm³/mol. The molecule has 0 radical (unpaired) electrons. The molecule has 1 N–H and O–H groups in total. The van der Waals surface area contributed by atoms with Gasteiger partial charge in [-0.3, -0.25) is 9.69 Å². The fourth-order valence-corrected chi connectivity index (χ4v) is 2.29. The molecule has 1 amide bonds. The topological polar surface area (TPSA) is 32.3 Å². The average molecular weight is 300 g/mol. The molecule has 0 saturated carbocycles. The molecule has 2 aromatic carbocycles. The van der Waals surface area contributed by atoms with Crippen molar-refractivity contribution in [2.75, 3.05) is 20.1 Å². The molecule has 3 nitrogen and oxygen atoms in total. The third-order valence-corrected chi connectivity index (χ3v) is 3.33. The van der Waals surface area contributed by atoms with Gasteiger partial charge in [0.15, 0.2) is 0 Å². The van der Waals surface area contributed by atoms with E-state index in [9.17, 15) is 9.18 Å². The number of nitrogens with one attached hydrogen (secondary N) is 1. The van der Waals surface area contributed by atoms with E-state index in [4.69, 9.17) is 0 Å². The lowest BCUT2D eigenvalue weighted by molar-refractivity contribution is -0.122. The van der Waals surface area contributed by atoms with Gasteiger partial charge in [0.1, 0.15) is 5.82 Å². The van der Waals surface area contributed by atoms with E-state index in [-0.39, 0.29) is 11.7 Å². The molecule has 116 valence electrons. The molecule has 0 aliphatic carbocycles. The highest BCUT2D eigenvalue weighted by atomic mass is 19.1. The van der Waals surface area contributed by atoms with Crippen LogP contribution in [0.3, 0.4) is 0 Å². The van der Waals surface area contributed by atoms with Gasteiger partial charge in [0.25, 0.3) is 0 Å². The van der Waals surface area contributed by atoms with Crippen LogP contribution in [0.25, 0.3) is 0 Å². The van der Waals surface area contributed by atoms with Gasteiger partial charge in [-0.25, -0.2) is 4.39 Å². The molecule has 0 spiro atoms. The number of nitrogens with zero attached hydrogens (tertiary/aromatic N) is 1. The molecule has 0 aromatic heterocycles. The minimum absolute atomic E-state index is 0.0187. The van der Waals surface area contributed by atoms with Gasteiger partial charge in [-0.05, 0) is 36.7 Å². The van der Waals surface area contributed by atoms with E-state index >= 15 is 0 Å². The predicted octanol–water partition coefficient (Wildman–Crippen LogP) is 2.62. The maximum atomic E-state index is 13.1. The Morgan fingerprint density at radius 1 is 1.09 bits per heavy atom. The van der Waals surface area contributed by atoms with Crippen LogP contribution in [0, 0.1) is 5.82 Å². The van der Waals surface area contributed by atoms with Crippen molar-refractivity contribution in [2.45, 2.75) is 13.0 Å². The third-order valence-electron chi connectivity index (χ3n) is 3.33. The van der Waals surface area contributed by atoms with Crippen LogP contribution in [0.4, 0.5) is 4.39 Å². The summed E-state index contributed by atoms with van der Waals surface area (Å²) in [5.74, 6) is -0.270. The molecule has 0 unspecified atom stereocenters. The van der Waals surface area contributed by atoms with Crippen molar-refractivity contribution in [3.8, 4) is 0 Å². The Morgan fingerprint density at radius 2 is 1.82 bits per heavy atom. The molecule has 2 aromatic rings. The van der Waals surface area contributed by atoms with Crippen molar-refractivity contribution >= 4 is 5.91 Å². The molecule has 0 atom stereocenters. The minimum atomic E-state index is -0.252. The largest absolute Gasteiger partial charge is 0.355 e. The highest BCUT2D eigenvalue weighted by molar-refractivity contribution is 5.77. The zero-order valence-electron chi connectivity index (χ0n) is 12.8. The molecule has 0 aliphatic rings. The highest BCUT2D eigenvalue weighted by Gasteiger charge is 2.07. The molecule has 0 heterocycles. The van der Waals surface area contributed by atoms with Crippen LogP contribution in [0.2, 0.25) is 0 Å². The number of hydrogen-bond donors (Lipinski definition) is 1. The Bertz CT molecular complexity index is 601. The van der Waals surface area contributed by atoms with E-state index in [1.54, 1.807) is 6.07 Å². The zero-order chi connectivity index (χ0) is 15.8. The van der Waals surface area contributed by atoms with Crippen molar-refractivity contribution < 1.29 is 9.18 Å². The smallest absolute Gasteiger partial charge is 0.234 e. The average Bonchev–Trinajstić information content (AvgIpc) is 2.48. The maximum Gasteiger partial charge on any atom is 0.234 e. The minimum Gasteiger partial charge on any atom is -0.355 e. The second-order valence-electron chi connectivity index (χ2n) is 5.39. The quantitative estimate of drug-likeness (QED) is 0.852. The maximum absolute atomic E-state index is 13.1. The lowest BCUT2D eigenvalue weighted by atomic mass is 10.1. The van der Waals surface area contributed by atoms with Crippen molar-refractivity contribution in [2.24, 2.45) is 0 Å². The second kappa shape index (κ2) is 8.29. The van der Waals surface area contributed by atoms with Gasteiger partial charge >= 0.3 is 0 Å². The fourth-order valence-electron chi connectivity index (χ4n) is 2.29. The van der Waals surface area contributed by atoms with Crippen molar-refractivity contribution in [3.05, 3.63) is 71.5 Å². The number of carbonyl (C=O) groups excluding carboxylic acids is 1. The monoisotopic (exact) mass is 300 g/mol. The molecule has 22 heavy (non-hydrogen) atoms. The first-order chi connectivity index (χ1) is 10.6. The van der Waals surface area contributed by atoms with E-state index < -0.39 is 0 Å². The van der Waals surface area contributed by atoms with Gasteiger partial charge in [-0.1, -0.05) is 42.5 Å². The molecule has 0 aliphatic heterocycles. The summed E-state index contributed by atoms with van der Waals surface area (Å²) < 4.78 is 13.1. The molecule has 2 rings (SSSR count). The number of rotatable bonds is 7.